The summed E-state index contributed by atoms with van der Waals surface area (Å²) < 4.78 is 27.9. The molecule has 2 heterocycles. The number of carbonyl (C=O) groups is 1. The minimum atomic E-state index is -3.62. The number of benzene rings is 1. The minimum absolute atomic E-state index is 0.229. The highest BCUT2D eigenvalue weighted by Gasteiger charge is 2.33. The molecule has 2 aromatic rings. The van der Waals surface area contributed by atoms with Gasteiger partial charge in [0.1, 0.15) is 10.6 Å². The molecule has 3 rings (SSSR count). The van der Waals surface area contributed by atoms with E-state index in [0.717, 1.165) is 29.7 Å². The molecule has 1 aliphatic rings. The van der Waals surface area contributed by atoms with Crippen molar-refractivity contribution >= 4 is 21.6 Å². The van der Waals surface area contributed by atoms with Crippen LogP contribution in [0.5, 0.6) is 0 Å². The summed E-state index contributed by atoms with van der Waals surface area (Å²) in [5.41, 5.74) is 4.06. The molecular weight excluding hydrogens is 374 g/mol. The number of hydrogen-bond donors (Lipinski definition) is 2. The maximum Gasteiger partial charge on any atom is 0.272 e. The standard InChI is InChI=1S/C21H29N3O3S/c1-13-8-10-24(11-9-13)28(26,27)20-16(4)19(22-17(20)5)21(25)23-18-7-6-14(2)12-15(18)3/h6-7,12-13,22H,8-11H2,1-5H3,(H,23,25). The summed E-state index contributed by atoms with van der Waals surface area (Å²) in [6.07, 6.45) is 1.73. The van der Waals surface area contributed by atoms with Crippen molar-refractivity contribution in [3.63, 3.8) is 0 Å². The van der Waals surface area contributed by atoms with Crippen molar-refractivity contribution in [3.8, 4) is 0 Å². The van der Waals surface area contributed by atoms with Crippen LogP contribution < -0.4 is 5.32 Å². The molecule has 1 aliphatic heterocycles. The van der Waals surface area contributed by atoms with Crippen molar-refractivity contribution < 1.29 is 13.2 Å². The molecule has 152 valence electrons. The number of aromatic amines is 1. The molecule has 28 heavy (non-hydrogen) atoms. The summed E-state index contributed by atoms with van der Waals surface area (Å²) in [5, 5.41) is 2.89. The van der Waals surface area contributed by atoms with E-state index in [1.807, 2.05) is 32.0 Å². The number of anilines is 1. The first kappa shape index (κ1) is 20.6. The first-order chi connectivity index (χ1) is 13.1. The monoisotopic (exact) mass is 403 g/mol. The lowest BCUT2D eigenvalue weighted by Gasteiger charge is -2.29. The van der Waals surface area contributed by atoms with Crippen molar-refractivity contribution in [2.45, 2.75) is 52.4 Å². The summed E-state index contributed by atoms with van der Waals surface area (Å²) >= 11 is 0. The topological polar surface area (TPSA) is 82.3 Å². The Balaban J connectivity index is 1.90. The van der Waals surface area contributed by atoms with Crippen molar-refractivity contribution in [3.05, 3.63) is 46.3 Å². The highest BCUT2D eigenvalue weighted by atomic mass is 32.2. The number of amides is 1. The fraction of sp³-hybridized carbons (Fsp3) is 0.476. The molecule has 0 radical (unpaired) electrons. The number of aryl methyl sites for hydroxylation is 3. The van der Waals surface area contributed by atoms with Crippen LogP contribution in [0.3, 0.4) is 0 Å². The number of rotatable bonds is 4. The summed E-state index contributed by atoms with van der Waals surface area (Å²) in [4.78, 5) is 16.1. The van der Waals surface area contributed by atoms with Crippen molar-refractivity contribution in [1.29, 1.82) is 0 Å². The van der Waals surface area contributed by atoms with Gasteiger partial charge in [0, 0.05) is 24.5 Å². The first-order valence-corrected chi connectivity index (χ1v) is 11.1. The average Bonchev–Trinajstić information content (AvgIpc) is 2.93. The number of H-pyrrole nitrogens is 1. The molecule has 1 aromatic heterocycles. The minimum Gasteiger partial charge on any atom is -0.353 e. The Bertz CT molecular complexity index is 1000. The Morgan fingerprint density at radius 2 is 1.79 bits per heavy atom. The second-order valence-electron chi connectivity index (χ2n) is 7.94. The van der Waals surface area contributed by atoms with Crippen LogP contribution in [0.15, 0.2) is 23.1 Å². The molecule has 0 bridgehead atoms. The van der Waals surface area contributed by atoms with Crippen LogP contribution in [0.25, 0.3) is 0 Å². The molecule has 1 amide bonds. The Labute approximate surface area is 167 Å². The van der Waals surface area contributed by atoms with E-state index in [0.29, 0.717) is 36.0 Å². The largest absolute Gasteiger partial charge is 0.353 e. The molecule has 0 spiro atoms. The molecule has 7 heteroatoms. The number of nitrogens with one attached hydrogen (secondary N) is 2. The Morgan fingerprint density at radius 1 is 1.14 bits per heavy atom. The van der Waals surface area contributed by atoms with Gasteiger partial charge in [-0.25, -0.2) is 8.42 Å². The van der Waals surface area contributed by atoms with Gasteiger partial charge in [0.05, 0.1) is 0 Å². The molecule has 1 aromatic carbocycles. The lowest BCUT2D eigenvalue weighted by atomic mass is 10.0. The van der Waals surface area contributed by atoms with E-state index in [2.05, 4.69) is 17.2 Å². The summed E-state index contributed by atoms with van der Waals surface area (Å²) in [5.74, 6) is 0.209. The zero-order valence-corrected chi connectivity index (χ0v) is 18.0. The normalized spacial score (nSPS) is 16.3. The quantitative estimate of drug-likeness (QED) is 0.812. The van der Waals surface area contributed by atoms with E-state index in [-0.39, 0.29) is 10.8 Å². The molecule has 0 unspecified atom stereocenters. The van der Waals surface area contributed by atoms with E-state index in [9.17, 15) is 13.2 Å². The van der Waals surface area contributed by atoms with Crippen LogP contribution in [0, 0.1) is 33.6 Å². The molecule has 1 saturated heterocycles. The van der Waals surface area contributed by atoms with Crippen LogP contribution in [0.1, 0.15) is 52.6 Å². The number of piperidine rings is 1. The van der Waals surface area contributed by atoms with E-state index in [4.69, 9.17) is 0 Å². The fourth-order valence-electron chi connectivity index (χ4n) is 3.84. The Morgan fingerprint density at radius 3 is 2.39 bits per heavy atom. The van der Waals surface area contributed by atoms with Crippen molar-refractivity contribution in [2.24, 2.45) is 5.92 Å². The van der Waals surface area contributed by atoms with E-state index in [1.165, 1.54) is 0 Å². The van der Waals surface area contributed by atoms with Gasteiger partial charge in [0.25, 0.3) is 5.91 Å². The lowest BCUT2D eigenvalue weighted by Crippen LogP contribution is -2.38. The summed E-state index contributed by atoms with van der Waals surface area (Å²) in [7, 11) is -3.62. The lowest BCUT2D eigenvalue weighted by molar-refractivity contribution is 0.102. The van der Waals surface area contributed by atoms with Crippen LogP contribution in [0.4, 0.5) is 5.69 Å². The van der Waals surface area contributed by atoms with Gasteiger partial charge in [-0.2, -0.15) is 4.31 Å². The third-order valence-corrected chi connectivity index (χ3v) is 7.74. The zero-order valence-electron chi connectivity index (χ0n) is 17.2. The third kappa shape index (κ3) is 3.86. The zero-order chi connectivity index (χ0) is 20.6. The van der Waals surface area contributed by atoms with Gasteiger partial charge in [0.2, 0.25) is 10.0 Å². The van der Waals surface area contributed by atoms with E-state index >= 15 is 0 Å². The second kappa shape index (κ2) is 7.72. The smallest absolute Gasteiger partial charge is 0.272 e. The highest BCUT2D eigenvalue weighted by Crippen LogP contribution is 2.30. The SMILES string of the molecule is Cc1ccc(NC(=O)c2[nH]c(C)c(S(=O)(=O)N3CCC(C)CC3)c2C)c(C)c1. The number of aromatic nitrogens is 1. The summed E-state index contributed by atoms with van der Waals surface area (Å²) in [6, 6.07) is 5.79. The molecule has 0 aliphatic carbocycles. The van der Waals surface area contributed by atoms with Gasteiger partial charge >= 0.3 is 0 Å². The maximum atomic E-state index is 13.2. The van der Waals surface area contributed by atoms with Gasteiger partial charge in [-0.1, -0.05) is 24.6 Å². The molecule has 0 atom stereocenters. The van der Waals surface area contributed by atoms with Gasteiger partial charge < -0.3 is 10.3 Å². The highest BCUT2D eigenvalue weighted by molar-refractivity contribution is 7.89. The van der Waals surface area contributed by atoms with Crippen LogP contribution >= 0.6 is 0 Å². The molecule has 0 saturated carbocycles. The first-order valence-electron chi connectivity index (χ1n) is 9.69. The predicted octanol–water partition coefficient (Wildman–Crippen LogP) is 3.92. The molecule has 1 fully saturated rings. The Hall–Kier alpha value is -2.12. The average molecular weight is 404 g/mol. The third-order valence-electron chi connectivity index (χ3n) is 5.57. The summed E-state index contributed by atoms with van der Waals surface area (Å²) in [6.45, 7) is 10.5. The molecule has 6 nitrogen and oxygen atoms in total. The fourth-order valence-corrected chi connectivity index (χ4v) is 5.72. The number of hydrogen-bond acceptors (Lipinski definition) is 3. The van der Waals surface area contributed by atoms with Gasteiger partial charge in [0.15, 0.2) is 0 Å². The second-order valence-corrected chi connectivity index (χ2v) is 9.81. The van der Waals surface area contributed by atoms with Gasteiger partial charge in [-0.15, -0.1) is 0 Å². The number of nitrogens with zero attached hydrogens (tertiary/aromatic N) is 1. The molecular formula is C21H29N3O3S. The van der Waals surface area contributed by atoms with Gasteiger partial charge in [-0.05, 0) is 63.6 Å². The number of sulfonamides is 1. The van der Waals surface area contributed by atoms with Crippen molar-refractivity contribution in [2.75, 3.05) is 18.4 Å². The van der Waals surface area contributed by atoms with Crippen molar-refractivity contribution in [1.82, 2.24) is 9.29 Å². The predicted molar refractivity (Wildman–Crippen MR) is 111 cm³/mol. The molecule has 2 N–H and O–H groups in total. The number of carbonyl (C=O) groups excluding carboxylic acids is 1. The van der Waals surface area contributed by atoms with E-state index < -0.39 is 10.0 Å². The Kier molecular flexibility index (Phi) is 5.68. The van der Waals surface area contributed by atoms with Crippen LogP contribution in [-0.2, 0) is 10.0 Å². The van der Waals surface area contributed by atoms with Gasteiger partial charge in [-0.3, -0.25) is 4.79 Å². The van der Waals surface area contributed by atoms with Crippen LogP contribution in [0.2, 0.25) is 0 Å². The van der Waals surface area contributed by atoms with E-state index in [1.54, 1.807) is 18.2 Å². The maximum absolute atomic E-state index is 13.2. The van der Waals surface area contributed by atoms with Crippen LogP contribution in [-0.4, -0.2) is 36.7 Å².